The van der Waals surface area contributed by atoms with E-state index in [1.54, 1.807) is 0 Å². The molecule has 3 N–H and O–H groups in total. The highest BCUT2D eigenvalue weighted by Crippen LogP contribution is 2.33. The summed E-state index contributed by atoms with van der Waals surface area (Å²) >= 11 is 5.01. The maximum absolute atomic E-state index is 5.68. The van der Waals surface area contributed by atoms with E-state index in [9.17, 15) is 0 Å². The number of rotatable bonds is 3. The lowest BCUT2D eigenvalue weighted by Crippen LogP contribution is -2.15. The van der Waals surface area contributed by atoms with Crippen molar-refractivity contribution < 1.29 is 9.47 Å². The van der Waals surface area contributed by atoms with E-state index in [1.807, 2.05) is 37.3 Å². The van der Waals surface area contributed by atoms with Crippen LogP contribution in [0.4, 0.5) is 11.5 Å². The van der Waals surface area contributed by atoms with Crippen LogP contribution < -0.4 is 20.5 Å². The molecular weight excluding hydrogens is 286 g/mol. The van der Waals surface area contributed by atoms with Gasteiger partial charge in [0.25, 0.3) is 0 Å². The number of hydrogen-bond acceptors (Lipinski definition) is 5. The molecule has 0 spiro atoms. The average Bonchev–Trinajstić information content (AvgIpc) is 2.46. The molecule has 1 aliphatic heterocycles. The molecule has 0 atom stereocenters. The van der Waals surface area contributed by atoms with Crippen molar-refractivity contribution in [2.75, 3.05) is 18.5 Å². The zero-order chi connectivity index (χ0) is 14.8. The fraction of sp³-hybridized carbons (Fsp3) is 0.200. The molecule has 1 aromatic heterocycles. The van der Waals surface area contributed by atoms with Gasteiger partial charge in [0.05, 0.1) is 0 Å². The van der Waals surface area contributed by atoms with Gasteiger partial charge in [-0.05, 0) is 31.2 Å². The molecule has 2 heterocycles. The predicted molar refractivity (Wildman–Crippen MR) is 85.6 cm³/mol. The standard InChI is InChI=1S/C15H15N3O2S/c1-9-6-10(15(16)21)7-14(17-9)18-11-2-3-12-13(8-11)20-5-4-19-12/h2-3,6-8H,4-5H2,1H3,(H2,16,21)(H,17,18). The number of hydrogen-bond donors (Lipinski definition) is 2. The minimum absolute atomic E-state index is 0.353. The maximum atomic E-state index is 5.68. The summed E-state index contributed by atoms with van der Waals surface area (Å²) in [4.78, 5) is 4.78. The van der Waals surface area contributed by atoms with Crippen LogP contribution in [0.3, 0.4) is 0 Å². The molecule has 1 aliphatic rings. The third-order valence-electron chi connectivity index (χ3n) is 3.05. The highest BCUT2D eigenvalue weighted by Gasteiger charge is 2.12. The lowest BCUT2D eigenvalue weighted by atomic mass is 10.2. The van der Waals surface area contributed by atoms with Crippen LogP contribution >= 0.6 is 12.2 Å². The highest BCUT2D eigenvalue weighted by molar-refractivity contribution is 7.80. The molecule has 0 radical (unpaired) electrons. The van der Waals surface area contributed by atoms with Crippen LogP contribution in [0.25, 0.3) is 0 Å². The molecule has 0 saturated heterocycles. The molecule has 0 fully saturated rings. The number of benzene rings is 1. The summed E-state index contributed by atoms with van der Waals surface area (Å²) in [6.45, 7) is 3.04. The first-order valence-electron chi connectivity index (χ1n) is 6.57. The van der Waals surface area contributed by atoms with Crippen LogP contribution in [-0.4, -0.2) is 23.2 Å². The smallest absolute Gasteiger partial charge is 0.163 e. The molecule has 2 aromatic rings. The molecule has 5 nitrogen and oxygen atoms in total. The fourth-order valence-electron chi connectivity index (χ4n) is 2.14. The normalized spacial score (nSPS) is 12.8. The van der Waals surface area contributed by atoms with Crippen molar-refractivity contribution in [2.45, 2.75) is 6.92 Å². The summed E-state index contributed by atoms with van der Waals surface area (Å²) in [7, 11) is 0. The lowest BCUT2D eigenvalue weighted by Gasteiger charge is -2.19. The third kappa shape index (κ3) is 3.05. The maximum Gasteiger partial charge on any atom is 0.163 e. The van der Waals surface area contributed by atoms with Gasteiger partial charge in [-0.25, -0.2) is 4.98 Å². The summed E-state index contributed by atoms with van der Waals surface area (Å²) in [5.41, 5.74) is 8.18. The van der Waals surface area contributed by atoms with Gasteiger partial charge in [-0.1, -0.05) is 12.2 Å². The number of nitrogens with zero attached hydrogens (tertiary/aromatic N) is 1. The molecule has 21 heavy (non-hydrogen) atoms. The number of aromatic nitrogens is 1. The van der Waals surface area contributed by atoms with Crippen LogP contribution in [0, 0.1) is 6.92 Å². The van der Waals surface area contributed by atoms with Gasteiger partial charge in [0.2, 0.25) is 0 Å². The van der Waals surface area contributed by atoms with Crippen molar-refractivity contribution >= 4 is 28.7 Å². The van der Waals surface area contributed by atoms with Gasteiger partial charge in [0, 0.05) is 23.0 Å². The van der Waals surface area contributed by atoms with Crippen LogP contribution in [0.2, 0.25) is 0 Å². The number of aryl methyl sites for hydroxylation is 1. The monoisotopic (exact) mass is 301 g/mol. The number of thiocarbonyl (C=S) groups is 1. The summed E-state index contributed by atoms with van der Waals surface area (Å²) in [6.07, 6.45) is 0. The molecule has 108 valence electrons. The van der Waals surface area contributed by atoms with E-state index >= 15 is 0 Å². The first kappa shape index (κ1) is 13.6. The van der Waals surface area contributed by atoms with Gasteiger partial charge >= 0.3 is 0 Å². The number of pyridine rings is 1. The average molecular weight is 301 g/mol. The van der Waals surface area contributed by atoms with Gasteiger partial charge in [-0.15, -0.1) is 0 Å². The van der Waals surface area contributed by atoms with Crippen LogP contribution in [0.1, 0.15) is 11.3 Å². The lowest BCUT2D eigenvalue weighted by molar-refractivity contribution is 0.171. The first-order chi connectivity index (χ1) is 10.1. The molecule has 0 aliphatic carbocycles. The largest absolute Gasteiger partial charge is 0.486 e. The Balaban J connectivity index is 1.88. The molecule has 0 unspecified atom stereocenters. The number of nitrogens with one attached hydrogen (secondary N) is 1. The predicted octanol–water partition coefficient (Wildman–Crippen LogP) is 2.54. The van der Waals surface area contributed by atoms with Crippen LogP contribution in [0.5, 0.6) is 11.5 Å². The number of anilines is 2. The van der Waals surface area contributed by atoms with Crippen molar-refractivity contribution in [3.63, 3.8) is 0 Å². The molecule has 0 bridgehead atoms. The Bertz CT molecular complexity index is 703. The second-order valence-electron chi connectivity index (χ2n) is 4.73. The Kier molecular flexibility index (Phi) is 3.62. The van der Waals surface area contributed by atoms with Crippen molar-refractivity contribution in [3.05, 3.63) is 41.6 Å². The van der Waals surface area contributed by atoms with Gasteiger partial charge in [-0.2, -0.15) is 0 Å². The Morgan fingerprint density at radius 3 is 2.71 bits per heavy atom. The van der Waals surface area contributed by atoms with Gasteiger partial charge < -0.3 is 20.5 Å². The van der Waals surface area contributed by atoms with E-state index in [1.165, 1.54) is 0 Å². The quantitative estimate of drug-likeness (QED) is 0.849. The highest BCUT2D eigenvalue weighted by atomic mass is 32.1. The topological polar surface area (TPSA) is 69.4 Å². The van der Waals surface area contributed by atoms with Gasteiger partial charge in [0.1, 0.15) is 24.0 Å². The molecule has 0 saturated carbocycles. The molecule has 3 rings (SSSR count). The minimum Gasteiger partial charge on any atom is -0.486 e. The van der Waals surface area contributed by atoms with Crippen LogP contribution in [-0.2, 0) is 0 Å². The number of fused-ring (bicyclic) bond motifs is 1. The van der Waals surface area contributed by atoms with Crippen LogP contribution in [0.15, 0.2) is 30.3 Å². The Hall–Kier alpha value is -2.34. The van der Waals surface area contributed by atoms with E-state index in [0.717, 1.165) is 28.4 Å². The molecule has 1 aromatic carbocycles. The third-order valence-corrected chi connectivity index (χ3v) is 3.29. The Morgan fingerprint density at radius 2 is 1.95 bits per heavy atom. The van der Waals surface area contributed by atoms with E-state index in [0.29, 0.717) is 24.0 Å². The zero-order valence-corrected chi connectivity index (χ0v) is 12.4. The van der Waals surface area contributed by atoms with E-state index in [2.05, 4.69) is 10.3 Å². The summed E-state index contributed by atoms with van der Waals surface area (Å²) in [6, 6.07) is 9.36. The van der Waals surface area contributed by atoms with Gasteiger partial charge in [-0.3, -0.25) is 0 Å². The van der Waals surface area contributed by atoms with E-state index < -0.39 is 0 Å². The van der Waals surface area contributed by atoms with E-state index in [4.69, 9.17) is 27.4 Å². The molecular formula is C15H15N3O2S. The Labute approximate surface area is 128 Å². The molecule has 0 amide bonds. The van der Waals surface area contributed by atoms with E-state index in [-0.39, 0.29) is 0 Å². The summed E-state index contributed by atoms with van der Waals surface area (Å²) in [5, 5.41) is 3.23. The summed E-state index contributed by atoms with van der Waals surface area (Å²) < 4.78 is 11.1. The number of ether oxygens (including phenoxy) is 2. The summed E-state index contributed by atoms with van der Waals surface area (Å²) in [5.74, 6) is 2.18. The van der Waals surface area contributed by atoms with Crippen molar-refractivity contribution in [3.8, 4) is 11.5 Å². The SMILES string of the molecule is Cc1cc(C(N)=S)cc(Nc2ccc3c(c2)OCCO3)n1. The minimum atomic E-state index is 0.353. The van der Waals surface area contributed by atoms with Gasteiger partial charge in [0.15, 0.2) is 11.5 Å². The molecule has 6 heteroatoms. The second-order valence-corrected chi connectivity index (χ2v) is 5.17. The first-order valence-corrected chi connectivity index (χ1v) is 6.98. The zero-order valence-electron chi connectivity index (χ0n) is 11.6. The second kappa shape index (κ2) is 5.57. The number of nitrogens with two attached hydrogens (primary N) is 1. The van der Waals surface area contributed by atoms with Crippen molar-refractivity contribution in [1.29, 1.82) is 0 Å². The Morgan fingerprint density at radius 1 is 1.19 bits per heavy atom. The van der Waals surface area contributed by atoms with Crippen molar-refractivity contribution in [1.82, 2.24) is 4.98 Å². The fourth-order valence-corrected chi connectivity index (χ4v) is 2.26. The van der Waals surface area contributed by atoms with Crippen molar-refractivity contribution in [2.24, 2.45) is 5.73 Å².